The van der Waals surface area contributed by atoms with Crippen LogP contribution < -0.4 is 0 Å². The number of aliphatic hydroxyl groups is 2. The first-order valence-electron chi connectivity index (χ1n) is 8.98. The van der Waals surface area contributed by atoms with Crippen LogP contribution in [0.25, 0.3) is 0 Å². The molecule has 0 saturated heterocycles. The molecule has 0 unspecified atom stereocenters. The molecule has 118 valence electrons. The van der Waals surface area contributed by atoms with Crippen LogP contribution in [0.1, 0.15) is 65.2 Å². The van der Waals surface area contributed by atoms with Gasteiger partial charge in [0.1, 0.15) is 0 Å². The molecule has 0 amide bonds. The summed E-state index contributed by atoms with van der Waals surface area (Å²) in [5.41, 5.74) is 2.26. The van der Waals surface area contributed by atoms with Crippen molar-refractivity contribution < 1.29 is 10.2 Å². The second-order valence-electron chi connectivity index (χ2n) is 8.94. The number of allylic oxidation sites excluding steroid dienone is 1. The normalized spacial score (nSPS) is 56.2. The van der Waals surface area contributed by atoms with Gasteiger partial charge in [-0.1, -0.05) is 25.5 Å². The van der Waals surface area contributed by atoms with Gasteiger partial charge in [0.15, 0.2) is 0 Å². The van der Waals surface area contributed by atoms with E-state index >= 15 is 0 Å². The minimum Gasteiger partial charge on any atom is -0.393 e. The van der Waals surface area contributed by atoms with Crippen molar-refractivity contribution in [1.29, 1.82) is 0 Å². The first-order chi connectivity index (χ1) is 9.92. The predicted molar refractivity (Wildman–Crippen MR) is 83.7 cm³/mol. The van der Waals surface area contributed by atoms with Gasteiger partial charge in [0.2, 0.25) is 0 Å². The smallest absolute Gasteiger partial charge is 0.0577 e. The van der Waals surface area contributed by atoms with E-state index < -0.39 is 0 Å². The van der Waals surface area contributed by atoms with E-state index in [2.05, 4.69) is 19.9 Å². The van der Waals surface area contributed by atoms with Crippen molar-refractivity contribution in [2.24, 2.45) is 28.6 Å². The molecule has 4 aliphatic rings. The van der Waals surface area contributed by atoms with Crippen LogP contribution in [0.4, 0.5) is 0 Å². The van der Waals surface area contributed by atoms with Crippen LogP contribution in [0.5, 0.6) is 0 Å². The molecule has 0 aromatic carbocycles. The highest BCUT2D eigenvalue weighted by Crippen LogP contribution is 2.64. The van der Waals surface area contributed by atoms with E-state index in [1.165, 1.54) is 19.3 Å². The standard InChI is InChI=1S/C19H30O2/c1-18-7-6-16-15(17(18)10-14(21)11-18)4-3-12-9-13(20)5-8-19(12,16)2/h3,13-17,20-21H,4-11H2,1-2H3/t13-,14+,15+,16-,17-,18+,19-/m0/s1. The quantitative estimate of drug-likeness (QED) is 0.668. The topological polar surface area (TPSA) is 40.5 Å². The summed E-state index contributed by atoms with van der Waals surface area (Å²) >= 11 is 0. The SMILES string of the molecule is C[C@]12CC[C@H]3[C@@H](CC=C4C[C@@H](O)CC[C@@]43C)[C@@H]1C[C@@H](O)C2. The van der Waals surface area contributed by atoms with Gasteiger partial charge in [0, 0.05) is 0 Å². The molecule has 2 N–H and O–H groups in total. The predicted octanol–water partition coefficient (Wildman–Crippen LogP) is 3.67. The van der Waals surface area contributed by atoms with Crippen molar-refractivity contribution >= 4 is 0 Å². The monoisotopic (exact) mass is 290 g/mol. The minimum absolute atomic E-state index is 0.0647. The minimum atomic E-state index is -0.108. The van der Waals surface area contributed by atoms with Gasteiger partial charge in [0.25, 0.3) is 0 Å². The molecule has 3 fully saturated rings. The third-order valence-electron chi connectivity index (χ3n) is 7.82. The number of hydrogen-bond donors (Lipinski definition) is 2. The molecule has 4 aliphatic carbocycles. The summed E-state index contributed by atoms with van der Waals surface area (Å²) in [5.74, 6) is 2.27. The number of aliphatic hydroxyl groups excluding tert-OH is 2. The first kappa shape index (κ1) is 14.3. The lowest BCUT2D eigenvalue weighted by Crippen LogP contribution is -2.49. The summed E-state index contributed by atoms with van der Waals surface area (Å²) in [6.07, 6.45) is 11.2. The summed E-state index contributed by atoms with van der Waals surface area (Å²) in [6, 6.07) is 0. The lowest BCUT2D eigenvalue weighted by Gasteiger charge is -2.57. The Labute approximate surface area is 128 Å². The number of rotatable bonds is 0. The van der Waals surface area contributed by atoms with E-state index in [1.807, 2.05) is 0 Å². The molecule has 2 heteroatoms. The van der Waals surface area contributed by atoms with E-state index in [-0.39, 0.29) is 12.2 Å². The summed E-state index contributed by atoms with van der Waals surface area (Å²) in [7, 11) is 0. The Morgan fingerprint density at radius 2 is 1.86 bits per heavy atom. The van der Waals surface area contributed by atoms with Crippen LogP contribution in [0, 0.1) is 28.6 Å². The molecule has 21 heavy (non-hydrogen) atoms. The fourth-order valence-corrected chi connectivity index (χ4v) is 6.66. The van der Waals surface area contributed by atoms with Gasteiger partial charge in [-0.2, -0.15) is 0 Å². The zero-order chi connectivity index (χ0) is 14.8. The highest BCUT2D eigenvalue weighted by atomic mass is 16.3. The van der Waals surface area contributed by atoms with E-state index in [9.17, 15) is 10.2 Å². The zero-order valence-electron chi connectivity index (χ0n) is 13.5. The summed E-state index contributed by atoms with van der Waals surface area (Å²) < 4.78 is 0. The largest absolute Gasteiger partial charge is 0.393 e. The molecule has 0 aromatic rings. The molecule has 2 nitrogen and oxygen atoms in total. The van der Waals surface area contributed by atoms with E-state index in [4.69, 9.17) is 0 Å². The molecule has 7 atom stereocenters. The number of hydrogen-bond acceptors (Lipinski definition) is 2. The number of fused-ring (bicyclic) bond motifs is 5. The van der Waals surface area contributed by atoms with Crippen LogP contribution >= 0.6 is 0 Å². The van der Waals surface area contributed by atoms with Crippen molar-refractivity contribution in [3.8, 4) is 0 Å². The Morgan fingerprint density at radius 3 is 2.67 bits per heavy atom. The Balaban J connectivity index is 1.67. The van der Waals surface area contributed by atoms with Crippen molar-refractivity contribution in [2.75, 3.05) is 0 Å². The Kier molecular flexibility index (Phi) is 3.11. The average Bonchev–Trinajstić information content (AvgIpc) is 2.74. The molecule has 0 heterocycles. The maximum Gasteiger partial charge on any atom is 0.0577 e. The summed E-state index contributed by atoms with van der Waals surface area (Å²) in [4.78, 5) is 0. The maximum absolute atomic E-state index is 10.2. The Hall–Kier alpha value is -0.340. The molecule has 0 aromatic heterocycles. The highest BCUT2D eigenvalue weighted by Gasteiger charge is 2.57. The first-order valence-corrected chi connectivity index (χ1v) is 8.98. The molecule has 0 bridgehead atoms. The second-order valence-corrected chi connectivity index (χ2v) is 8.94. The van der Waals surface area contributed by atoms with Crippen LogP contribution in [-0.4, -0.2) is 22.4 Å². The van der Waals surface area contributed by atoms with Crippen molar-refractivity contribution in [2.45, 2.75) is 77.4 Å². The molecule has 4 rings (SSSR count). The lowest BCUT2D eigenvalue weighted by atomic mass is 9.48. The highest BCUT2D eigenvalue weighted by molar-refractivity contribution is 5.25. The van der Waals surface area contributed by atoms with Crippen molar-refractivity contribution in [3.63, 3.8) is 0 Å². The molecule has 0 radical (unpaired) electrons. The molecular weight excluding hydrogens is 260 g/mol. The van der Waals surface area contributed by atoms with Gasteiger partial charge in [-0.15, -0.1) is 0 Å². The second kappa shape index (κ2) is 4.58. The van der Waals surface area contributed by atoms with Crippen LogP contribution in [0.3, 0.4) is 0 Å². The maximum atomic E-state index is 10.2. The molecule has 0 aliphatic heterocycles. The van der Waals surface area contributed by atoms with Gasteiger partial charge in [-0.3, -0.25) is 0 Å². The lowest BCUT2D eigenvalue weighted by molar-refractivity contribution is -0.0360. The van der Waals surface area contributed by atoms with Crippen molar-refractivity contribution in [3.05, 3.63) is 11.6 Å². The zero-order valence-corrected chi connectivity index (χ0v) is 13.5. The molecule has 3 saturated carbocycles. The van der Waals surface area contributed by atoms with Crippen LogP contribution in [0.2, 0.25) is 0 Å². The van der Waals surface area contributed by atoms with Crippen LogP contribution in [-0.2, 0) is 0 Å². The molecular formula is C19H30O2. The third kappa shape index (κ3) is 1.98. The van der Waals surface area contributed by atoms with Crippen molar-refractivity contribution in [1.82, 2.24) is 0 Å². The van der Waals surface area contributed by atoms with Gasteiger partial charge in [-0.25, -0.2) is 0 Å². The average molecular weight is 290 g/mol. The van der Waals surface area contributed by atoms with Gasteiger partial charge in [-0.05, 0) is 80.0 Å². The summed E-state index contributed by atoms with van der Waals surface area (Å²) in [6.45, 7) is 4.89. The Morgan fingerprint density at radius 1 is 1.05 bits per heavy atom. The van der Waals surface area contributed by atoms with E-state index in [1.54, 1.807) is 5.57 Å². The van der Waals surface area contributed by atoms with E-state index in [0.29, 0.717) is 16.7 Å². The van der Waals surface area contributed by atoms with Gasteiger partial charge < -0.3 is 10.2 Å². The third-order valence-corrected chi connectivity index (χ3v) is 7.82. The van der Waals surface area contributed by atoms with Gasteiger partial charge in [0.05, 0.1) is 12.2 Å². The fourth-order valence-electron chi connectivity index (χ4n) is 6.66. The Bertz CT molecular complexity index is 470. The van der Waals surface area contributed by atoms with Gasteiger partial charge >= 0.3 is 0 Å². The van der Waals surface area contributed by atoms with Crippen LogP contribution in [0.15, 0.2) is 11.6 Å². The summed E-state index contributed by atoms with van der Waals surface area (Å²) in [5, 5.41) is 20.2. The van der Waals surface area contributed by atoms with E-state index in [0.717, 1.165) is 43.9 Å². The molecule has 0 spiro atoms. The fraction of sp³-hybridized carbons (Fsp3) is 0.895.